The molecule has 20 heavy (non-hydrogen) atoms. The standard InChI is InChI=1S/C16H18O3S/c17-16(10-4-5-14-15(8-10)19-9-18-14)11-6-12-2-1-3-13(7-11)20-12/h4-5,8,11-13H,1-3,6-7,9H2. The Morgan fingerprint density at radius 2 is 1.85 bits per heavy atom. The van der Waals surface area contributed by atoms with E-state index in [1.165, 1.54) is 19.3 Å². The Morgan fingerprint density at radius 1 is 1.10 bits per heavy atom. The van der Waals surface area contributed by atoms with Crippen molar-refractivity contribution in [2.45, 2.75) is 42.6 Å². The van der Waals surface area contributed by atoms with Crippen LogP contribution in [0.25, 0.3) is 0 Å². The van der Waals surface area contributed by atoms with Crippen LogP contribution in [0.1, 0.15) is 42.5 Å². The minimum atomic E-state index is 0.201. The number of fused-ring (bicyclic) bond motifs is 3. The van der Waals surface area contributed by atoms with Crippen LogP contribution < -0.4 is 9.47 Å². The van der Waals surface area contributed by atoms with Crippen LogP contribution >= 0.6 is 11.8 Å². The number of hydrogen-bond donors (Lipinski definition) is 0. The normalized spacial score (nSPS) is 31.1. The number of rotatable bonds is 2. The molecular weight excluding hydrogens is 272 g/mol. The monoisotopic (exact) mass is 290 g/mol. The van der Waals surface area contributed by atoms with Gasteiger partial charge in [0.2, 0.25) is 6.79 Å². The predicted octanol–water partition coefficient (Wildman–Crippen LogP) is 3.66. The van der Waals surface area contributed by atoms with Crippen molar-refractivity contribution >= 4 is 17.5 Å². The fraction of sp³-hybridized carbons (Fsp3) is 0.562. The van der Waals surface area contributed by atoms with Crippen LogP contribution in [0.4, 0.5) is 0 Å². The molecule has 0 aromatic heterocycles. The molecule has 1 aromatic carbocycles. The Balaban J connectivity index is 1.55. The molecule has 0 radical (unpaired) electrons. The van der Waals surface area contributed by atoms with Crippen molar-refractivity contribution in [3.63, 3.8) is 0 Å². The lowest BCUT2D eigenvalue weighted by molar-refractivity contribution is 0.0896. The lowest BCUT2D eigenvalue weighted by Crippen LogP contribution is -2.32. The maximum atomic E-state index is 12.7. The molecule has 0 spiro atoms. The van der Waals surface area contributed by atoms with Gasteiger partial charge in [0, 0.05) is 22.0 Å². The number of ether oxygens (including phenoxy) is 2. The lowest BCUT2D eigenvalue weighted by Gasteiger charge is -2.37. The largest absolute Gasteiger partial charge is 0.454 e. The second kappa shape index (κ2) is 4.99. The predicted molar refractivity (Wildman–Crippen MR) is 78.6 cm³/mol. The molecule has 1 aromatic rings. The Labute approximate surface area is 123 Å². The van der Waals surface area contributed by atoms with Crippen LogP contribution in [0.5, 0.6) is 11.5 Å². The van der Waals surface area contributed by atoms with Crippen molar-refractivity contribution in [3.05, 3.63) is 23.8 Å². The summed E-state index contributed by atoms with van der Waals surface area (Å²) in [5, 5.41) is 1.40. The highest BCUT2D eigenvalue weighted by Gasteiger charge is 2.36. The van der Waals surface area contributed by atoms with Crippen LogP contribution in [0.2, 0.25) is 0 Å². The zero-order valence-electron chi connectivity index (χ0n) is 11.3. The topological polar surface area (TPSA) is 35.5 Å². The van der Waals surface area contributed by atoms with Crippen molar-refractivity contribution in [2.75, 3.05) is 6.79 Å². The number of hydrogen-bond acceptors (Lipinski definition) is 4. The van der Waals surface area contributed by atoms with E-state index < -0.39 is 0 Å². The third-order valence-corrected chi connectivity index (χ3v) is 6.19. The van der Waals surface area contributed by atoms with E-state index in [2.05, 4.69) is 11.8 Å². The molecular formula is C16H18O3S. The molecule has 2 saturated heterocycles. The summed E-state index contributed by atoms with van der Waals surface area (Å²) in [6, 6.07) is 5.59. The van der Waals surface area contributed by atoms with Gasteiger partial charge in [-0.25, -0.2) is 0 Å². The SMILES string of the molecule is O=C(c1ccc2c(c1)OCO2)C1CC2CCCC(C1)S2. The Hall–Kier alpha value is -1.16. The van der Waals surface area contributed by atoms with Crippen molar-refractivity contribution in [2.24, 2.45) is 5.92 Å². The Morgan fingerprint density at radius 3 is 2.65 bits per heavy atom. The zero-order valence-corrected chi connectivity index (χ0v) is 12.2. The first kappa shape index (κ1) is 12.6. The maximum absolute atomic E-state index is 12.7. The minimum Gasteiger partial charge on any atom is -0.454 e. The van der Waals surface area contributed by atoms with Gasteiger partial charge >= 0.3 is 0 Å². The molecule has 4 rings (SSSR count). The van der Waals surface area contributed by atoms with Crippen molar-refractivity contribution in [3.8, 4) is 11.5 Å². The van der Waals surface area contributed by atoms with Crippen molar-refractivity contribution in [1.82, 2.24) is 0 Å². The highest BCUT2D eigenvalue weighted by Crippen LogP contribution is 2.45. The third kappa shape index (κ3) is 2.20. The summed E-state index contributed by atoms with van der Waals surface area (Å²) in [4.78, 5) is 12.7. The average Bonchev–Trinajstić information content (AvgIpc) is 2.93. The molecule has 0 saturated carbocycles. The van der Waals surface area contributed by atoms with Crippen LogP contribution in [0, 0.1) is 5.92 Å². The molecule has 2 atom stereocenters. The highest BCUT2D eigenvalue weighted by molar-refractivity contribution is 8.00. The van der Waals surface area contributed by atoms with E-state index in [-0.39, 0.29) is 12.7 Å². The first-order valence-electron chi connectivity index (χ1n) is 7.39. The van der Waals surface area contributed by atoms with Gasteiger partial charge in [-0.3, -0.25) is 4.79 Å². The van der Waals surface area contributed by atoms with Gasteiger partial charge in [-0.05, 0) is 43.9 Å². The van der Waals surface area contributed by atoms with E-state index >= 15 is 0 Å². The summed E-state index contributed by atoms with van der Waals surface area (Å²) in [6.07, 6.45) is 6.01. The molecule has 2 bridgehead atoms. The summed E-state index contributed by atoms with van der Waals surface area (Å²) in [5.41, 5.74) is 0.782. The van der Waals surface area contributed by atoms with Crippen LogP contribution in [0.15, 0.2) is 18.2 Å². The molecule has 3 nitrogen and oxygen atoms in total. The van der Waals surface area contributed by atoms with E-state index in [4.69, 9.17) is 9.47 Å². The summed E-state index contributed by atoms with van der Waals surface area (Å²) in [6.45, 7) is 0.261. The molecule has 2 unspecified atom stereocenters. The quantitative estimate of drug-likeness (QED) is 0.779. The summed E-state index contributed by atoms with van der Waals surface area (Å²) >= 11 is 2.11. The smallest absolute Gasteiger partial charge is 0.231 e. The number of Topliss-reactive ketones (excluding diaryl/α,β-unsaturated/α-hetero) is 1. The summed E-state index contributed by atoms with van der Waals surface area (Å²) in [7, 11) is 0. The van der Waals surface area contributed by atoms with Gasteiger partial charge in [-0.1, -0.05) is 6.42 Å². The number of carbonyl (C=O) groups is 1. The van der Waals surface area contributed by atoms with Crippen LogP contribution in [-0.2, 0) is 0 Å². The second-order valence-corrected chi connectivity index (χ2v) is 7.52. The Bertz CT molecular complexity index is 531. The zero-order chi connectivity index (χ0) is 13.5. The fourth-order valence-electron chi connectivity index (χ4n) is 3.56. The fourth-order valence-corrected chi connectivity index (χ4v) is 5.40. The summed E-state index contributed by atoms with van der Waals surface area (Å²) < 4.78 is 10.7. The Kier molecular flexibility index (Phi) is 3.14. The summed E-state index contributed by atoms with van der Waals surface area (Å²) in [5.74, 6) is 1.95. The molecule has 4 heteroatoms. The molecule has 106 valence electrons. The molecule has 0 amide bonds. The van der Waals surface area contributed by atoms with E-state index in [9.17, 15) is 4.79 Å². The number of thioether (sulfide) groups is 1. The number of benzene rings is 1. The third-order valence-electron chi connectivity index (χ3n) is 4.56. The van der Waals surface area contributed by atoms with Crippen molar-refractivity contribution in [1.29, 1.82) is 0 Å². The van der Waals surface area contributed by atoms with E-state index in [0.717, 1.165) is 24.2 Å². The minimum absolute atomic E-state index is 0.201. The molecule has 0 aliphatic carbocycles. The molecule has 0 N–H and O–H groups in total. The lowest BCUT2D eigenvalue weighted by atomic mass is 9.84. The van der Waals surface area contributed by atoms with Crippen molar-refractivity contribution < 1.29 is 14.3 Å². The van der Waals surface area contributed by atoms with E-state index in [1.807, 2.05) is 18.2 Å². The average molecular weight is 290 g/mol. The molecule has 3 heterocycles. The number of carbonyl (C=O) groups excluding carboxylic acids is 1. The second-order valence-electron chi connectivity index (χ2n) is 5.91. The number of ketones is 1. The van der Waals surface area contributed by atoms with Crippen LogP contribution in [0.3, 0.4) is 0 Å². The van der Waals surface area contributed by atoms with Gasteiger partial charge < -0.3 is 9.47 Å². The maximum Gasteiger partial charge on any atom is 0.231 e. The molecule has 3 aliphatic rings. The molecule has 2 fully saturated rings. The van der Waals surface area contributed by atoms with E-state index in [0.29, 0.717) is 22.0 Å². The molecule has 3 aliphatic heterocycles. The van der Waals surface area contributed by atoms with Gasteiger partial charge in [0.25, 0.3) is 0 Å². The first-order valence-corrected chi connectivity index (χ1v) is 8.33. The first-order chi connectivity index (χ1) is 9.79. The van der Waals surface area contributed by atoms with E-state index in [1.54, 1.807) is 0 Å². The van der Waals surface area contributed by atoms with Gasteiger partial charge in [-0.2, -0.15) is 11.8 Å². The highest BCUT2D eigenvalue weighted by atomic mass is 32.2. The van der Waals surface area contributed by atoms with Gasteiger partial charge in [0.05, 0.1) is 0 Å². The van der Waals surface area contributed by atoms with Gasteiger partial charge in [-0.15, -0.1) is 0 Å². The van der Waals surface area contributed by atoms with Crippen LogP contribution in [-0.4, -0.2) is 23.1 Å². The van der Waals surface area contributed by atoms with Gasteiger partial charge in [0.15, 0.2) is 17.3 Å². The van der Waals surface area contributed by atoms with Gasteiger partial charge in [0.1, 0.15) is 0 Å².